The summed E-state index contributed by atoms with van der Waals surface area (Å²) in [5.41, 5.74) is 1.54. The highest BCUT2D eigenvalue weighted by atomic mass is 16.6. The number of hydrogen-bond donors (Lipinski definition) is 0. The Morgan fingerprint density at radius 2 is 1.90 bits per heavy atom. The van der Waals surface area contributed by atoms with Gasteiger partial charge in [0.15, 0.2) is 11.5 Å². The van der Waals surface area contributed by atoms with Crippen molar-refractivity contribution in [3.63, 3.8) is 0 Å². The molecular formula is C21H22N4O6. The second kappa shape index (κ2) is 8.31. The van der Waals surface area contributed by atoms with Crippen molar-refractivity contribution in [1.29, 1.82) is 0 Å². The predicted octanol–water partition coefficient (Wildman–Crippen LogP) is 1.65. The third kappa shape index (κ3) is 4.06. The first kappa shape index (κ1) is 20.7. The molecule has 3 heterocycles. The van der Waals surface area contributed by atoms with Crippen LogP contribution >= 0.6 is 0 Å². The molecule has 1 aliphatic heterocycles. The smallest absolute Gasteiger partial charge is 0.337 e. The summed E-state index contributed by atoms with van der Waals surface area (Å²) in [5, 5.41) is 8.38. The van der Waals surface area contributed by atoms with Crippen molar-refractivity contribution in [3.8, 4) is 11.4 Å². The van der Waals surface area contributed by atoms with Crippen molar-refractivity contribution < 1.29 is 23.8 Å². The number of ether oxygens (including phenoxy) is 3. The molecule has 2 aromatic heterocycles. The van der Waals surface area contributed by atoms with Crippen LogP contribution < -0.4 is 5.69 Å². The van der Waals surface area contributed by atoms with E-state index < -0.39 is 30.4 Å². The first-order valence-corrected chi connectivity index (χ1v) is 9.83. The highest BCUT2D eigenvalue weighted by molar-refractivity contribution is 5.66. The SMILES string of the molecule is CC(=O)OC[C@H]1O[C@@H](n2cc(C)c3nnc(-c4ccccc4)n3c2=O)C[C@@H]1OC(C)=O. The highest BCUT2D eigenvalue weighted by Crippen LogP contribution is 2.31. The number of esters is 2. The molecule has 0 bridgehead atoms. The van der Waals surface area contributed by atoms with E-state index in [9.17, 15) is 14.4 Å². The van der Waals surface area contributed by atoms with E-state index in [4.69, 9.17) is 14.2 Å². The van der Waals surface area contributed by atoms with E-state index in [1.807, 2.05) is 37.3 Å². The standard InChI is InChI=1S/C21H22N4O6/c1-12-10-24(18-9-16(30-14(3)27)17(31-18)11-29-13(2)26)21(28)25-19(12)22-23-20(25)15-7-5-4-6-8-15/h4-8,10,16-18H,9,11H2,1-3H3/t16-,17+,18+/m0/s1. The van der Waals surface area contributed by atoms with E-state index in [-0.39, 0.29) is 18.7 Å². The summed E-state index contributed by atoms with van der Waals surface area (Å²) >= 11 is 0. The third-order valence-corrected chi connectivity index (χ3v) is 5.05. The van der Waals surface area contributed by atoms with Gasteiger partial charge in [-0.05, 0) is 6.92 Å². The summed E-state index contributed by atoms with van der Waals surface area (Å²) in [5.74, 6) is -0.532. The van der Waals surface area contributed by atoms with Crippen molar-refractivity contribution in [2.45, 2.75) is 45.6 Å². The molecule has 10 nitrogen and oxygen atoms in total. The molecule has 0 unspecified atom stereocenters. The van der Waals surface area contributed by atoms with Gasteiger partial charge in [-0.15, -0.1) is 10.2 Å². The number of rotatable bonds is 5. The van der Waals surface area contributed by atoms with Crippen molar-refractivity contribution in [2.75, 3.05) is 6.61 Å². The first-order chi connectivity index (χ1) is 14.8. The number of aromatic nitrogens is 4. The summed E-state index contributed by atoms with van der Waals surface area (Å²) in [6.07, 6.45) is -0.176. The Morgan fingerprint density at radius 1 is 1.16 bits per heavy atom. The van der Waals surface area contributed by atoms with Crippen LogP contribution in [0.4, 0.5) is 0 Å². The predicted molar refractivity (Wildman–Crippen MR) is 108 cm³/mol. The summed E-state index contributed by atoms with van der Waals surface area (Å²) in [6, 6.07) is 9.28. The lowest BCUT2D eigenvalue weighted by Gasteiger charge is -2.18. The lowest BCUT2D eigenvalue weighted by molar-refractivity contribution is -0.155. The molecule has 0 saturated carbocycles. The number of carbonyl (C=O) groups excluding carboxylic acids is 2. The van der Waals surface area contributed by atoms with Crippen LogP contribution in [0.2, 0.25) is 0 Å². The van der Waals surface area contributed by atoms with E-state index in [1.54, 1.807) is 6.20 Å². The molecule has 0 amide bonds. The van der Waals surface area contributed by atoms with Crippen LogP contribution in [-0.2, 0) is 23.8 Å². The first-order valence-electron chi connectivity index (χ1n) is 9.83. The minimum absolute atomic E-state index is 0.0817. The largest absolute Gasteiger partial charge is 0.463 e. The number of aryl methyl sites for hydroxylation is 1. The van der Waals surface area contributed by atoms with Crippen LogP contribution in [0, 0.1) is 6.92 Å². The molecule has 0 radical (unpaired) electrons. The minimum atomic E-state index is -0.716. The topological polar surface area (TPSA) is 114 Å². The van der Waals surface area contributed by atoms with E-state index in [0.29, 0.717) is 11.5 Å². The molecule has 1 aromatic carbocycles. The molecule has 0 N–H and O–H groups in total. The van der Waals surface area contributed by atoms with E-state index in [2.05, 4.69) is 10.2 Å². The van der Waals surface area contributed by atoms with Crippen molar-refractivity contribution >= 4 is 17.6 Å². The molecule has 1 saturated heterocycles. The molecule has 3 aromatic rings. The third-order valence-electron chi connectivity index (χ3n) is 5.05. The molecule has 162 valence electrons. The van der Waals surface area contributed by atoms with E-state index in [1.165, 1.54) is 22.8 Å². The van der Waals surface area contributed by atoms with Gasteiger partial charge in [0.05, 0.1) is 0 Å². The Kier molecular flexibility index (Phi) is 5.55. The summed E-state index contributed by atoms with van der Waals surface area (Å²) < 4.78 is 19.2. The Bertz CT molecular complexity index is 1190. The number of fused-ring (bicyclic) bond motifs is 1. The van der Waals surface area contributed by atoms with Gasteiger partial charge in [-0.25, -0.2) is 9.20 Å². The lowest BCUT2D eigenvalue weighted by atomic mass is 10.2. The quantitative estimate of drug-likeness (QED) is 0.566. The van der Waals surface area contributed by atoms with Gasteiger partial charge in [0.1, 0.15) is 25.0 Å². The monoisotopic (exact) mass is 426 g/mol. The zero-order chi connectivity index (χ0) is 22.1. The highest BCUT2D eigenvalue weighted by Gasteiger charge is 2.40. The van der Waals surface area contributed by atoms with Gasteiger partial charge in [0.2, 0.25) is 0 Å². The molecular weight excluding hydrogens is 404 g/mol. The fourth-order valence-electron chi connectivity index (χ4n) is 3.70. The summed E-state index contributed by atoms with van der Waals surface area (Å²) in [4.78, 5) is 36.1. The molecule has 1 aliphatic rings. The maximum Gasteiger partial charge on any atom is 0.337 e. The zero-order valence-electron chi connectivity index (χ0n) is 17.3. The van der Waals surface area contributed by atoms with Gasteiger partial charge in [0.25, 0.3) is 0 Å². The van der Waals surface area contributed by atoms with Crippen LogP contribution in [-0.4, -0.2) is 49.9 Å². The van der Waals surface area contributed by atoms with E-state index in [0.717, 1.165) is 11.1 Å². The van der Waals surface area contributed by atoms with Gasteiger partial charge in [-0.1, -0.05) is 30.3 Å². The number of carbonyl (C=O) groups is 2. The fraction of sp³-hybridized carbons (Fsp3) is 0.381. The Balaban J connectivity index is 1.74. The molecule has 0 aliphatic carbocycles. The number of nitrogens with zero attached hydrogens (tertiary/aromatic N) is 4. The average Bonchev–Trinajstić information content (AvgIpc) is 3.34. The maximum atomic E-state index is 13.4. The average molecular weight is 426 g/mol. The van der Waals surface area contributed by atoms with Gasteiger partial charge in [-0.2, -0.15) is 0 Å². The van der Waals surface area contributed by atoms with Crippen LogP contribution in [0.15, 0.2) is 41.3 Å². The van der Waals surface area contributed by atoms with Crippen LogP contribution in [0.25, 0.3) is 17.0 Å². The van der Waals surface area contributed by atoms with Crippen molar-refractivity contribution in [1.82, 2.24) is 19.2 Å². The minimum Gasteiger partial charge on any atom is -0.463 e. The van der Waals surface area contributed by atoms with Crippen LogP contribution in [0.5, 0.6) is 0 Å². The molecule has 1 fully saturated rings. The Morgan fingerprint density at radius 3 is 2.58 bits per heavy atom. The Hall–Kier alpha value is -3.53. The van der Waals surface area contributed by atoms with E-state index >= 15 is 0 Å². The molecule has 10 heteroatoms. The molecule has 4 rings (SSSR count). The number of benzene rings is 1. The zero-order valence-corrected chi connectivity index (χ0v) is 17.3. The normalized spacial score (nSPS) is 20.7. The van der Waals surface area contributed by atoms with Gasteiger partial charge >= 0.3 is 17.6 Å². The Labute approximate surface area is 177 Å². The molecule has 3 atom stereocenters. The maximum absolute atomic E-state index is 13.4. The summed E-state index contributed by atoms with van der Waals surface area (Å²) in [7, 11) is 0. The van der Waals surface area contributed by atoms with Crippen molar-refractivity contribution in [2.24, 2.45) is 0 Å². The van der Waals surface area contributed by atoms with Crippen LogP contribution in [0.1, 0.15) is 32.1 Å². The van der Waals surface area contributed by atoms with Gasteiger partial charge in [0, 0.05) is 37.6 Å². The fourth-order valence-corrected chi connectivity index (χ4v) is 3.70. The van der Waals surface area contributed by atoms with Crippen molar-refractivity contribution in [3.05, 3.63) is 52.6 Å². The summed E-state index contributed by atoms with van der Waals surface area (Å²) in [6.45, 7) is 4.32. The molecule has 0 spiro atoms. The lowest BCUT2D eigenvalue weighted by Crippen LogP contribution is -2.32. The number of hydrogen-bond acceptors (Lipinski definition) is 8. The molecule has 31 heavy (non-hydrogen) atoms. The second-order valence-corrected chi connectivity index (χ2v) is 7.37. The van der Waals surface area contributed by atoms with Gasteiger partial charge in [-0.3, -0.25) is 14.2 Å². The van der Waals surface area contributed by atoms with Gasteiger partial charge < -0.3 is 14.2 Å². The second-order valence-electron chi connectivity index (χ2n) is 7.37. The van der Waals surface area contributed by atoms with Crippen LogP contribution in [0.3, 0.4) is 0 Å².